The Hall–Kier alpha value is -4.22. The normalized spacial score (nSPS) is 19.3. The van der Waals surface area contributed by atoms with E-state index in [-0.39, 0.29) is 24.9 Å². The first-order chi connectivity index (χ1) is 20.3. The highest BCUT2D eigenvalue weighted by molar-refractivity contribution is 5.80. The minimum atomic E-state index is -4.43. The molecule has 0 spiro atoms. The molecule has 1 atom stereocenters. The smallest absolute Gasteiger partial charge is 0.367 e. The number of hydrogen-bond acceptors (Lipinski definition) is 7. The van der Waals surface area contributed by atoms with Crippen molar-refractivity contribution in [3.8, 4) is 0 Å². The van der Waals surface area contributed by atoms with Crippen LogP contribution < -0.4 is 9.80 Å². The fourth-order valence-electron chi connectivity index (χ4n) is 6.28. The van der Waals surface area contributed by atoms with Crippen molar-refractivity contribution in [2.24, 2.45) is 0 Å². The molecule has 42 heavy (non-hydrogen) atoms. The van der Waals surface area contributed by atoms with Crippen LogP contribution in [0, 0.1) is 0 Å². The number of carbonyl (C=O) groups is 1. The lowest BCUT2D eigenvalue weighted by Gasteiger charge is -2.43. The second-order valence-corrected chi connectivity index (χ2v) is 11.4. The van der Waals surface area contributed by atoms with Gasteiger partial charge in [-0.05, 0) is 61.6 Å². The van der Waals surface area contributed by atoms with Gasteiger partial charge in [-0.3, -0.25) is 4.79 Å². The van der Waals surface area contributed by atoms with E-state index in [4.69, 9.17) is 0 Å². The molecule has 1 saturated heterocycles. The van der Waals surface area contributed by atoms with E-state index < -0.39 is 11.7 Å². The van der Waals surface area contributed by atoms with Crippen molar-refractivity contribution < 1.29 is 18.0 Å². The number of alkyl halides is 3. The molecule has 218 valence electrons. The molecule has 7 rings (SSSR count). The van der Waals surface area contributed by atoms with Gasteiger partial charge in [0.25, 0.3) is 0 Å². The number of halogens is 3. The summed E-state index contributed by atoms with van der Waals surface area (Å²) in [6, 6.07) is 6.41. The summed E-state index contributed by atoms with van der Waals surface area (Å²) in [5.74, 6) is 1.22. The molecule has 3 aromatic heterocycles. The van der Waals surface area contributed by atoms with Gasteiger partial charge in [0.1, 0.15) is 12.4 Å². The first-order valence-electron chi connectivity index (χ1n) is 14.4. The van der Waals surface area contributed by atoms with Crippen molar-refractivity contribution in [2.75, 3.05) is 36.0 Å². The zero-order chi connectivity index (χ0) is 29.0. The van der Waals surface area contributed by atoms with Crippen molar-refractivity contribution in [2.45, 2.75) is 57.4 Å². The number of rotatable bonds is 5. The molecule has 0 radical (unpaired) electrons. The third-order valence-corrected chi connectivity index (χ3v) is 8.63. The number of pyridine rings is 1. The molecule has 2 fully saturated rings. The fraction of sp³-hybridized carbons (Fsp3) is 0.433. The number of anilines is 2. The van der Waals surface area contributed by atoms with Crippen LogP contribution in [0.15, 0.2) is 49.1 Å². The highest BCUT2D eigenvalue weighted by Gasteiger charge is 2.38. The lowest BCUT2D eigenvalue weighted by Crippen LogP contribution is -2.55. The summed E-state index contributed by atoms with van der Waals surface area (Å²) in [6.45, 7) is 4.35. The molecule has 4 aromatic rings. The number of fused-ring (bicyclic) bond motifs is 2. The maximum atomic E-state index is 14.0. The van der Waals surface area contributed by atoms with Crippen LogP contribution in [0.4, 0.5) is 24.5 Å². The number of carbonyl (C=O) groups excluding carboxylic acids is 1. The van der Waals surface area contributed by atoms with E-state index in [2.05, 4.69) is 29.9 Å². The van der Waals surface area contributed by atoms with Crippen LogP contribution in [-0.4, -0.2) is 67.8 Å². The Morgan fingerprint density at radius 1 is 0.976 bits per heavy atom. The van der Waals surface area contributed by atoms with E-state index in [9.17, 15) is 18.0 Å². The van der Waals surface area contributed by atoms with E-state index in [0.717, 1.165) is 35.4 Å². The van der Waals surface area contributed by atoms with Crippen LogP contribution in [0.2, 0.25) is 0 Å². The number of aromatic nitrogens is 5. The molecule has 5 heterocycles. The second-order valence-electron chi connectivity index (χ2n) is 11.4. The van der Waals surface area contributed by atoms with Crippen LogP contribution in [-0.2, 0) is 30.5 Å². The maximum absolute atomic E-state index is 14.0. The van der Waals surface area contributed by atoms with Gasteiger partial charge in [-0.25, -0.2) is 19.6 Å². The summed E-state index contributed by atoms with van der Waals surface area (Å²) < 4.78 is 43.8. The molecule has 1 saturated carbocycles. The molecule has 0 bridgehead atoms. The minimum absolute atomic E-state index is 0.0620. The molecular weight excluding hydrogens is 545 g/mol. The number of amides is 1. The topological polar surface area (TPSA) is 83.3 Å². The average Bonchev–Trinajstić information content (AvgIpc) is 3.77. The van der Waals surface area contributed by atoms with Crippen LogP contribution >= 0.6 is 0 Å². The molecule has 2 aliphatic heterocycles. The third-order valence-electron chi connectivity index (χ3n) is 8.63. The fourth-order valence-corrected chi connectivity index (χ4v) is 6.28. The Morgan fingerprint density at radius 3 is 2.52 bits per heavy atom. The Morgan fingerprint density at radius 2 is 1.79 bits per heavy atom. The minimum Gasteiger partial charge on any atom is -0.367 e. The molecule has 1 amide bonds. The predicted molar refractivity (Wildman–Crippen MR) is 151 cm³/mol. The van der Waals surface area contributed by atoms with Crippen molar-refractivity contribution in [3.63, 3.8) is 0 Å². The van der Waals surface area contributed by atoms with E-state index >= 15 is 0 Å². The van der Waals surface area contributed by atoms with Crippen LogP contribution in [0.3, 0.4) is 0 Å². The highest BCUT2D eigenvalue weighted by Crippen LogP contribution is 2.41. The summed E-state index contributed by atoms with van der Waals surface area (Å²) in [5.41, 5.74) is 2.74. The summed E-state index contributed by atoms with van der Waals surface area (Å²) >= 11 is 0. The van der Waals surface area contributed by atoms with Gasteiger partial charge < -0.3 is 14.7 Å². The molecular formula is C30H31F3N8O. The van der Waals surface area contributed by atoms with E-state index in [1.165, 1.54) is 6.07 Å². The second kappa shape index (κ2) is 10.2. The Kier molecular flexibility index (Phi) is 6.51. The van der Waals surface area contributed by atoms with Gasteiger partial charge in [0.2, 0.25) is 5.91 Å². The van der Waals surface area contributed by atoms with Gasteiger partial charge in [0, 0.05) is 62.0 Å². The SMILES string of the molecule is CC1CN(c2ccc(C(F)(F)F)c3c2CN(c2cnc(C4CC4)nc2)CC3)CCN1C(=O)Cn1ncc2cccnc21. The number of hydrogen-bond donors (Lipinski definition) is 0. The van der Waals surface area contributed by atoms with Crippen molar-refractivity contribution in [3.05, 3.63) is 71.6 Å². The lowest BCUT2D eigenvalue weighted by atomic mass is 9.91. The Balaban J connectivity index is 1.12. The quantitative estimate of drug-likeness (QED) is 0.348. The molecule has 9 nitrogen and oxygen atoms in total. The molecule has 1 unspecified atom stereocenters. The zero-order valence-electron chi connectivity index (χ0n) is 23.3. The number of piperazine rings is 1. The first kappa shape index (κ1) is 26.7. The monoisotopic (exact) mass is 576 g/mol. The Bertz CT molecular complexity index is 1630. The van der Waals surface area contributed by atoms with Gasteiger partial charge >= 0.3 is 6.18 Å². The first-order valence-corrected chi connectivity index (χ1v) is 14.4. The molecule has 1 aromatic carbocycles. The number of nitrogens with zero attached hydrogens (tertiary/aromatic N) is 8. The van der Waals surface area contributed by atoms with Crippen molar-refractivity contribution in [1.29, 1.82) is 0 Å². The van der Waals surface area contributed by atoms with E-state index in [1.807, 2.05) is 24.0 Å². The third kappa shape index (κ3) is 4.92. The molecule has 1 aliphatic carbocycles. The van der Waals surface area contributed by atoms with E-state index in [1.54, 1.807) is 35.5 Å². The van der Waals surface area contributed by atoms with Gasteiger partial charge in [-0.1, -0.05) is 0 Å². The van der Waals surface area contributed by atoms with Gasteiger partial charge in [-0.15, -0.1) is 0 Å². The van der Waals surface area contributed by atoms with Gasteiger partial charge in [-0.2, -0.15) is 18.3 Å². The molecule has 0 N–H and O–H groups in total. The lowest BCUT2D eigenvalue weighted by molar-refractivity contribution is -0.138. The number of benzene rings is 1. The van der Waals surface area contributed by atoms with Gasteiger partial charge in [0.15, 0.2) is 5.65 Å². The standard InChI is InChI=1S/C30H31F3N8O/c1-19-16-39(11-12-40(19)27(42)18-41-29-21(13-37-41)3-2-9-34-29)26-7-6-25(30(31,32)33)23-8-10-38(17-24(23)26)22-14-35-28(36-15-22)20-4-5-20/h2-3,6-7,9,13-15,19-20H,4-5,8,10-12,16-18H2,1H3. The average molecular weight is 577 g/mol. The summed E-state index contributed by atoms with van der Waals surface area (Å²) in [5, 5.41) is 5.20. The summed E-state index contributed by atoms with van der Waals surface area (Å²) in [7, 11) is 0. The summed E-state index contributed by atoms with van der Waals surface area (Å²) in [4.78, 5) is 32.7. The molecule has 3 aliphatic rings. The largest absolute Gasteiger partial charge is 0.416 e. The van der Waals surface area contributed by atoms with E-state index in [0.29, 0.717) is 55.4 Å². The zero-order valence-corrected chi connectivity index (χ0v) is 23.3. The van der Waals surface area contributed by atoms with Crippen LogP contribution in [0.25, 0.3) is 11.0 Å². The highest BCUT2D eigenvalue weighted by atomic mass is 19.4. The van der Waals surface area contributed by atoms with Crippen molar-refractivity contribution >= 4 is 28.3 Å². The molecule has 12 heteroatoms. The van der Waals surface area contributed by atoms with Crippen LogP contribution in [0.5, 0.6) is 0 Å². The predicted octanol–water partition coefficient (Wildman–Crippen LogP) is 4.42. The Labute approximate surface area is 241 Å². The van der Waals surface area contributed by atoms with Gasteiger partial charge in [0.05, 0.1) is 29.8 Å². The van der Waals surface area contributed by atoms with Crippen LogP contribution in [0.1, 0.15) is 48.2 Å². The van der Waals surface area contributed by atoms with Crippen molar-refractivity contribution in [1.82, 2.24) is 29.6 Å². The summed E-state index contributed by atoms with van der Waals surface area (Å²) in [6.07, 6.45) is 5.03. The maximum Gasteiger partial charge on any atom is 0.416 e.